The highest BCUT2D eigenvalue weighted by Gasteiger charge is 2.29. The van der Waals surface area contributed by atoms with Gasteiger partial charge in [-0.25, -0.2) is 9.18 Å². The zero-order valence-corrected chi connectivity index (χ0v) is 19.4. The molecular formula is C27H24ClFN2O3. The molecule has 3 N–H and O–H groups in total. The lowest BCUT2D eigenvalue weighted by atomic mass is 9.89. The van der Waals surface area contributed by atoms with Gasteiger partial charge in [0.25, 0.3) is 0 Å². The third-order valence-corrected chi connectivity index (χ3v) is 6.74. The van der Waals surface area contributed by atoms with Crippen molar-refractivity contribution in [1.82, 2.24) is 4.57 Å². The van der Waals surface area contributed by atoms with Crippen LogP contribution in [0.3, 0.4) is 0 Å². The molecule has 0 radical (unpaired) electrons. The van der Waals surface area contributed by atoms with Crippen LogP contribution in [0.2, 0.25) is 5.02 Å². The van der Waals surface area contributed by atoms with Gasteiger partial charge >= 0.3 is 5.97 Å². The zero-order valence-electron chi connectivity index (χ0n) is 18.6. The second kappa shape index (κ2) is 8.78. The van der Waals surface area contributed by atoms with Gasteiger partial charge in [0.05, 0.1) is 16.8 Å². The average Bonchev–Trinajstić information content (AvgIpc) is 3.16. The average molecular weight is 479 g/mol. The molecule has 0 saturated carbocycles. The SMILES string of the molecule is Cc1cc(-c2c(C3CCOCC3)n(-c3ccc(C(=O)O)cc3)c3c(N)cc(Cl)cc23)ccc1F. The Morgan fingerprint density at radius 1 is 1.12 bits per heavy atom. The third-order valence-electron chi connectivity index (χ3n) is 6.52. The summed E-state index contributed by atoms with van der Waals surface area (Å²) in [6, 6.07) is 15.5. The minimum absolute atomic E-state index is 0.166. The number of hydrogen-bond acceptors (Lipinski definition) is 3. The standard InChI is InChI=1S/C27H24ClFN2O3/c1-15-12-18(4-7-22(15)29)24-21-13-19(28)14-23(30)26(21)31(25(24)16-8-10-34-11-9-16)20-5-2-17(3-6-20)27(32)33/h2-7,12-14,16H,8-11,30H2,1H3,(H,32,33). The van der Waals surface area contributed by atoms with Crippen molar-refractivity contribution in [2.75, 3.05) is 18.9 Å². The van der Waals surface area contributed by atoms with Crippen molar-refractivity contribution in [3.8, 4) is 16.8 Å². The quantitative estimate of drug-likeness (QED) is 0.325. The van der Waals surface area contributed by atoms with Gasteiger partial charge in [0, 0.05) is 46.5 Å². The van der Waals surface area contributed by atoms with Crippen LogP contribution in [0.15, 0.2) is 54.6 Å². The van der Waals surface area contributed by atoms with E-state index in [0.717, 1.165) is 46.3 Å². The Labute approximate surface area is 201 Å². The van der Waals surface area contributed by atoms with Crippen LogP contribution in [-0.4, -0.2) is 28.9 Å². The Morgan fingerprint density at radius 3 is 2.47 bits per heavy atom. The molecule has 34 heavy (non-hydrogen) atoms. The number of nitrogen functional groups attached to an aromatic ring is 1. The maximum absolute atomic E-state index is 14.2. The molecule has 1 saturated heterocycles. The summed E-state index contributed by atoms with van der Waals surface area (Å²) in [5.41, 5.74) is 12.3. The smallest absolute Gasteiger partial charge is 0.335 e. The van der Waals surface area contributed by atoms with E-state index in [4.69, 9.17) is 22.1 Å². The molecule has 0 unspecified atom stereocenters. The van der Waals surface area contributed by atoms with E-state index in [2.05, 4.69) is 4.57 Å². The van der Waals surface area contributed by atoms with Crippen LogP contribution in [0.25, 0.3) is 27.7 Å². The molecule has 174 valence electrons. The molecule has 2 heterocycles. The maximum atomic E-state index is 14.2. The lowest BCUT2D eigenvalue weighted by Gasteiger charge is -2.26. The first-order chi connectivity index (χ1) is 16.3. The van der Waals surface area contributed by atoms with Crippen LogP contribution in [-0.2, 0) is 4.74 Å². The number of aromatic nitrogens is 1. The summed E-state index contributed by atoms with van der Waals surface area (Å²) in [4.78, 5) is 11.4. The number of nitrogens with zero attached hydrogens (tertiary/aromatic N) is 1. The molecule has 1 aliphatic heterocycles. The summed E-state index contributed by atoms with van der Waals surface area (Å²) in [5.74, 6) is -1.08. The summed E-state index contributed by atoms with van der Waals surface area (Å²) < 4.78 is 21.9. The highest BCUT2D eigenvalue weighted by molar-refractivity contribution is 6.32. The van der Waals surface area contributed by atoms with Gasteiger partial charge in [0.1, 0.15) is 5.82 Å². The molecule has 5 nitrogen and oxygen atoms in total. The number of ether oxygens (including phenoxy) is 1. The zero-order chi connectivity index (χ0) is 24.0. The maximum Gasteiger partial charge on any atom is 0.335 e. The molecule has 0 atom stereocenters. The Hall–Kier alpha value is -3.35. The number of carbonyl (C=O) groups is 1. The normalized spacial score (nSPS) is 14.6. The van der Waals surface area contributed by atoms with Gasteiger partial charge < -0.3 is 20.1 Å². The van der Waals surface area contributed by atoms with Gasteiger partial charge in [-0.3, -0.25) is 0 Å². The fourth-order valence-electron chi connectivity index (χ4n) is 4.91. The number of hydrogen-bond donors (Lipinski definition) is 2. The van der Waals surface area contributed by atoms with Crippen LogP contribution in [0, 0.1) is 12.7 Å². The van der Waals surface area contributed by atoms with Crippen molar-refractivity contribution < 1.29 is 19.0 Å². The van der Waals surface area contributed by atoms with Crippen molar-refractivity contribution in [2.45, 2.75) is 25.7 Å². The number of halogens is 2. The number of carboxylic acids is 1. The molecule has 1 fully saturated rings. The van der Waals surface area contributed by atoms with Crippen LogP contribution in [0.5, 0.6) is 0 Å². The van der Waals surface area contributed by atoms with Crippen LogP contribution < -0.4 is 5.73 Å². The van der Waals surface area contributed by atoms with Crippen molar-refractivity contribution in [1.29, 1.82) is 0 Å². The Morgan fingerprint density at radius 2 is 1.82 bits per heavy atom. The van der Waals surface area contributed by atoms with E-state index in [9.17, 15) is 14.3 Å². The van der Waals surface area contributed by atoms with Gasteiger partial charge in [-0.1, -0.05) is 17.7 Å². The minimum Gasteiger partial charge on any atom is -0.478 e. The van der Waals surface area contributed by atoms with E-state index >= 15 is 0 Å². The number of rotatable bonds is 4. The third kappa shape index (κ3) is 3.83. The van der Waals surface area contributed by atoms with Crippen molar-refractivity contribution >= 4 is 34.2 Å². The number of aryl methyl sites for hydroxylation is 1. The highest BCUT2D eigenvalue weighted by atomic mass is 35.5. The lowest BCUT2D eigenvalue weighted by Crippen LogP contribution is -2.17. The van der Waals surface area contributed by atoms with Crippen molar-refractivity contribution in [3.05, 3.63) is 82.3 Å². The molecule has 0 bridgehead atoms. The molecule has 1 aromatic heterocycles. The van der Waals surface area contributed by atoms with E-state index in [0.29, 0.717) is 29.5 Å². The Bertz CT molecular complexity index is 1410. The molecule has 3 aromatic carbocycles. The van der Waals surface area contributed by atoms with Gasteiger partial charge in [-0.15, -0.1) is 0 Å². The van der Waals surface area contributed by atoms with E-state index in [1.807, 2.05) is 12.1 Å². The largest absolute Gasteiger partial charge is 0.478 e. The molecule has 7 heteroatoms. The van der Waals surface area contributed by atoms with E-state index in [1.54, 1.807) is 43.3 Å². The summed E-state index contributed by atoms with van der Waals surface area (Å²) in [6.07, 6.45) is 1.65. The van der Waals surface area contributed by atoms with Gasteiger partial charge in [0.2, 0.25) is 0 Å². The number of benzene rings is 3. The van der Waals surface area contributed by atoms with E-state index < -0.39 is 5.97 Å². The van der Waals surface area contributed by atoms with Gasteiger partial charge in [-0.05, 0) is 79.4 Å². The predicted molar refractivity (Wildman–Crippen MR) is 133 cm³/mol. The number of fused-ring (bicyclic) bond motifs is 1. The summed E-state index contributed by atoms with van der Waals surface area (Å²) in [6.45, 7) is 3.03. The number of aromatic carboxylic acids is 1. The van der Waals surface area contributed by atoms with Crippen LogP contribution >= 0.6 is 11.6 Å². The molecule has 0 aliphatic carbocycles. The molecular weight excluding hydrogens is 455 g/mol. The summed E-state index contributed by atoms with van der Waals surface area (Å²) in [7, 11) is 0. The van der Waals surface area contributed by atoms with Crippen molar-refractivity contribution in [2.24, 2.45) is 0 Å². The first kappa shape index (κ1) is 22.4. The van der Waals surface area contributed by atoms with Crippen LogP contribution in [0.1, 0.15) is 40.4 Å². The minimum atomic E-state index is -0.984. The van der Waals surface area contributed by atoms with E-state index in [-0.39, 0.29) is 17.3 Å². The first-order valence-corrected chi connectivity index (χ1v) is 11.5. The molecule has 1 aliphatic rings. The Balaban J connectivity index is 1.89. The first-order valence-electron chi connectivity index (χ1n) is 11.2. The van der Waals surface area contributed by atoms with Gasteiger partial charge in [0.15, 0.2) is 0 Å². The number of nitrogens with two attached hydrogens (primary N) is 1. The molecule has 4 aromatic rings. The molecule has 0 amide bonds. The van der Waals surface area contributed by atoms with Crippen LogP contribution in [0.4, 0.5) is 10.1 Å². The van der Waals surface area contributed by atoms with Crippen molar-refractivity contribution in [3.63, 3.8) is 0 Å². The summed E-state index contributed by atoms with van der Waals surface area (Å²) in [5, 5.41) is 10.8. The number of anilines is 1. The predicted octanol–water partition coefficient (Wildman–Crippen LogP) is 6.57. The molecule has 0 spiro atoms. The fraction of sp³-hybridized carbons (Fsp3) is 0.222. The highest BCUT2D eigenvalue weighted by Crippen LogP contribution is 2.46. The van der Waals surface area contributed by atoms with E-state index in [1.165, 1.54) is 6.07 Å². The topological polar surface area (TPSA) is 77.5 Å². The van der Waals surface area contributed by atoms with Gasteiger partial charge in [-0.2, -0.15) is 0 Å². The summed E-state index contributed by atoms with van der Waals surface area (Å²) >= 11 is 6.45. The second-order valence-corrected chi connectivity index (χ2v) is 9.13. The fourth-order valence-corrected chi connectivity index (χ4v) is 5.14. The second-order valence-electron chi connectivity index (χ2n) is 8.69. The monoisotopic (exact) mass is 478 g/mol. The number of carboxylic acid groups (broad SMARTS) is 1. The lowest BCUT2D eigenvalue weighted by molar-refractivity contribution is 0.0697. The Kier molecular flexibility index (Phi) is 5.80. The molecule has 5 rings (SSSR count).